The van der Waals surface area contributed by atoms with E-state index in [1.807, 2.05) is 24.3 Å². The van der Waals surface area contributed by atoms with Gasteiger partial charge in [-0.3, -0.25) is 4.79 Å². The van der Waals surface area contributed by atoms with E-state index in [-0.39, 0.29) is 18.0 Å². The Kier molecular flexibility index (Phi) is 3.25. The highest BCUT2D eigenvalue weighted by Gasteiger charge is 2.08. The number of halogens is 1. The summed E-state index contributed by atoms with van der Waals surface area (Å²) < 4.78 is 12.8. The highest BCUT2D eigenvalue weighted by atomic mass is 19.1. The molecule has 0 aliphatic rings. The van der Waals surface area contributed by atoms with Crippen molar-refractivity contribution in [2.45, 2.75) is 13.0 Å². The van der Waals surface area contributed by atoms with Crippen molar-refractivity contribution in [2.75, 3.05) is 0 Å². The number of benzene rings is 2. The van der Waals surface area contributed by atoms with Gasteiger partial charge in [0.1, 0.15) is 16.9 Å². The summed E-state index contributed by atoms with van der Waals surface area (Å²) in [5, 5.41) is 8.57. The van der Waals surface area contributed by atoms with Crippen LogP contribution in [0.4, 0.5) is 4.39 Å². The molecule has 0 bridgehead atoms. The van der Waals surface area contributed by atoms with Gasteiger partial charge in [-0.05, 0) is 36.4 Å². The van der Waals surface area contributed by atoms with Crippen LogP contribution >= 0.6 is 0 Å². The van der Waals surface area contributed by atoms with Gasteiger partial charge in [-0.15, -0.1) is 0 Å². The predicted molar refractivity (Wildman–Crippen MR) is 72.9 cm³/mol. The second-order valence-electron chi connectivity index (χ2n) is 4.46. The molecule has 3 aromatic rings. The zero-order valence-electron chi connectivity index (χ0n) is 10.7. The Labute approximate surface area is 114 Å². The molecular formula is C15H12FN3O. The number of carbonyl (C=O) groups excluding carboxylic acids is 1. The lowest BCUT2D eigenvalue weighted by Gasteiger charge is -2.00. The number of hydrogen-bond donors (Lipinski definition) is 0. The Morgan fingerprint density at radius 3 is 2.20 bits per heavy atom. The number of nitrogens with zero attached hydrogens (tertiary/aromatic N) is 3. The second kappa shape index (κ2) is 5.21. The smallest absolute Gasteiger partial charge is 0.164 e. The van der Waals surface area contributed by atoms with Crippen LogP contribution in [-0.4, -0.2) is 20.8 Å². The zero-order valence-corrected chi connectivity index (χ0v) is 10.7. The molecule has 0 atom stereocenters. The Morgan fingerprint density at radius 1 is 1.00 bits per heavy atom. The van der Waals surface area contributed by atoms with E-state index in [0.717, 1.165) is 11.0 Å². The minimum Gasteiger partial charge on any atom is -0.294 e. The number of aromatic nitrogens is 3. The number of carbonyl (C=O) groups is 1. The van der Waals surface area contributed by atoms with Crippen LogP contribution in [0.2, 0.25) is 0 Å². The first-order valence-electron chi connectivity index (χ1n) is 6.31. The van der Waals surface area contributed by atoms with Crippen LogP contribution < -0.4 is 0 Å². The molecule has 0 saturated heterocycles. The number of aryl methyl sites for hydroxylation is 1. The lowest BCUT2D eigenvalue weighted by molar-refractivity contribution is 0.0974. The molecule has 2 aromatic carbocycles. The van der Waals surface area contributed by atoms with Gasteiger partial charge in [-0.25, -0.2) is 4.39 Å². The molecule has 0 unspecified atom stereocenters. The molecule has 0 saturated carbocycles. The third kappa shape index (κ3) is 2.56. The van der Waals surface area contributed by atoms with Gasteiger partial charge >= 0.3 is 0 Å². The van der Waals surface area contributed by atoms with Crippen LogP contribution in [-0.2, 0) is 6.54 Å². The first-order chi connectivity index (χ1) is 9.72. The van der Waals surface area contributed by atoms with Gasteiger partial charge < -0.3 is 0 Å². The molecule has 5 heteroatoms. The third-order valence-corrected chi connectivity index (χ3v) is 3.03. The van der Waals surface area contributed by atoms with E-state index in [0.29, 0.717) is 12.1 Å². The van der Waals surface area contributed by atoms with Crippen molar-refractivity contribution >= 4 is 16.8 Å². The molecule has 0 aliphatic carbocycles. The van der Waals surface area contributed by atoms with E-state index in [9.17, 15) is 9.18 Å². The average Bonchev–Trinajstić information content (AvgIpc) is 2.88. The van der Waals surface area contributed by atoms with Crippen molar-refractivity contribution in [3.05, 3.63) is 59.9 Å². The van der Waals surface area contributed by atoms with E-state index in [2.05, 4.69) is 10.2 Å². The highest BCUT2D eigenvalue weighted by Crippen LogP contribution is 2.09. The van der Waals surface area contributed by atoms with Crippen molar-refractivity contribution in [1.82, 2.24) is 15.0 Å². The molecule has 0 N–H and O–H groups in total. The fourth-order valence-electron chi connectivity index (χ4n) is 1.99. The van der Waals surface area contributed by atoms with E-state index in [4.69, 9.17) is 0 Å². The number of Topliss-reactive ketones (excluding diaryl/α,β-unsaturated/α-hetero) is 1. The summed E-state index contributed by atoms with van der Waals surface area (Å²) in [5.74, 6) is -0.395. The van der Waals surface area contributed by atoms with E-state index >= 15 is 0 Å². The number of rotatable bonds is 4. The minimum atomic E-state index is -0.346. The molecule has 0 aliphatic heterocycles. The molecule has 0 amide bonds. The van der Waals surface area contributed by atoms with Crippen molar-refractivity contribution in [2.24, 2.45) is 0 Å². The fraction of sp³-hybridized carbons (Fsp3) is 0.133. The summed E-state index contributed by atoms with van der Waals surface area (Å²) in [4.78, 5) is 13.5. The van der Waals surface area contributed by atoms with Crippen molar-refractivity contribution in [3.63, 3.8) is 0 Å². The van der Waals surface area contributed by atoms with E-state index in [1.165, 1.54) is 29.1 Å². The third-order valence-electron chi connectivity index (χ3n) is 3.03. The van der Waals surface area contributed by atoms with Gasteiger partial charge in [0, 0.05) is 12.0 Å². The molecule has 20 heavy (non-hydrogen) atoms. The Hall–Kier alpha value is -2.56. The quantitative estimate of drug-likeness (QED) is 0.684. The molecule has 0 spiro atoms. The summed E-state index contributed by atoms with van der Waals surface area (Å²) >= 11 is 0. The van der Waals surface area contributed by atoms with Gasteiger partial charge in [0.2, 0.25) is 0 Å². The van der Waals surface area contributed by atoms with E-state index < -0.39 is 0 Å². The van der Waals surface area contributed by atoms with Gasteiger partial charge in [-0.2, -0.15) is 15.0 Å². The lowest BCUT2D eigenvalue weighted by atomic mass is 10.1. The Morgan fingerprint density at radius 2 is 1.60 bits per heavy atom. The number of fused-ring (bicyclic) bond motifs is 1. The molecule has 0 fully saturated rings. The molecule has 100 valence electrons. The SMILES string of the molecule is O=C(CCn1nc2ccccc2n1)c1ccc(F)cc1. The van der Waals surface area contributed by atoms with Crippen molar-refractivity contribution < 1.29 is 9.18 Å². The largest absolute Gasteiger partial charge is 0.294 e. The number of ketones is 1. The lowest BCUT2D eigenvalue weighted by Crippen LogP contribution is -2.08. The van der Waals surface area contributed by atoms with Crippen LogP contribution in [0.25, 0.3) is 11.0 Å². The topological polar surface area (TPSA) is 47.8 Å². The maximum atomic E-state index is 12.8. The van der Waals surface area contributed by atoms with Crippen LogP contribution in [0, 0.1) is 5.82 Å². The fourth-order valence-corrected chi connectivity index (χ4v) is 1.99. The second-order valence-corrected chi connectivity index (χ2v) is 4.46. The molecule has 4 nitrogen and oxygen atoms in total. The van der Waals surface area contributed by atoms with Crippen LogP contribution in [0.5, 0.6) is 0 Å². The van der Waals surface area contributed by atoms with Gasteiger partial charge in [0.05, 0.1) is 6.54 Å². The molecule has 0 radical (unpaired) electrons. The molecular weight excluding hydrogens is 257 g/mol. The van der Waals surface area contributed by atoms with Crippen molar-refractivity contribution in [1.29, 1.82) is 0 Å². The summed E-state index contributed by atoms with van der Waals surface area (Å²) in [5.41, 5.74) is 2.12. The van der Waals surface area contributed by atoms with Crippen LogP contribution in [0.3, 0.4) is 0 Å². The zero-order chi connectivity index (χ0) is 13.9. The normalized spacial score (nSPS) is 10.8. The maximum absolute atomic E-state index is 12.8. The van der Waals surface area contributed by atoms with Crippen LogP contribution in [0.15, 0.2) is 48.5 Å². The summed E-state index contributed by atoms with van der Waals surface area (Å²) in [6.07, 6.45) is 0.284. The first-order valence-corrected chi connectivity index (χ1v) is 6.31. The molecule has 1 heterocycles. The maximum Gasteiger partial charge on any atom is 0.164 e. The molecule has 3 rings (SSSR count). The predicted octanol–water partition coefficient (Wildman–Crippen LogP) is 2.84. The summed E-state index contributed by atoms with van der Waals surface area (Å²) in [6.45, 7) is 0.408. The first kappa shape index (κ1) is 12.5. The van der Waals surface area contributed by atoms with E-state index in [1.54, 1.807) is 0 Å². The number of hydrogen-bond acceptors (Lipinski definition) is 3. The minimum absolute atomic E-state index is 0.0497. The average molecular weight is 269 g/mol. The van der Waals surface area contributed by atoms with Crippen molar-refractivity contribution in [3.8, 4) is 0 Å². The van der Waals surface area contributed by atoms with Gasteiger partial charge in [0.25, 0.3) is 0 Å². The Bertz CT molecular complexity index is 716. The monoisotopic (exact) mass is 269 g/mol. The van der Waals surface area contributed by atoms with Gasteiger partial charge in [0.15, 0.2) is 5.78 Å². The standard InChI is InChI=1S/C15H12FN3O/c16-12-7-5-11(6-8-12)15(20)9-10-19-17-13-3-1-2-4-14(13)18-19/h1-8H,9-10H2. The molecule has 1 aromatic heterocycles. The summed E-state index contributed by atoms with van der Waals surface area (Å²) in [7, 11) is 0. The highest BCUT2D eigenvalue weighted by molar-refractivity contribution is 5.95. The van der Waals surface area contributed by atoms with Crippen LogP contribution in [0.1, 0.15) is 16.8 Å². The Balaban J connectivity index is 1.69. The summed E-state index contributed by atoms with van der Waals surface area (Å²) in [6, 6.07) is 13.1. The van der Waals surface area contributed by atoms with Gasteiger partial charge in [-0.1, -0.05) is 12.1 Å².